The van der Waals surface area contributed by atoms with Gasteiger partial charge < -0.3 is 13.7 Å². The van der Waals surface area contributed by atoms with E-state index < -0.39 is 21.4 Å². The summed E-state index contributed by atoms with van der Waals surface area (Å²) in [4.78, 5) is 11.8. The molecule has 2 aliphatic rings. The van der Waals surface area contributed by atoms with E-state index in [-0.39, 0.29) is 42.7 Å². The zero-order chi connectivity index (χ0) is 17.7. The predicted molar refractivity (Wildman–Crippen MR) is 73.9 cm³/mol. The molecule has 6 nitrogen and oxygen atoms in total. The molecule has 1 fully saturated rings. The van der Waals surface area contributed by atoms with Gasteiger partial charge in [-0.3, -0.25) is 4.79 Å². The molecule has 0 amide bonds. The van der Waals surface area contributed by atoms with Gasteiger partial charge in [0.05, 0.1) is 19.1 Å². The first-order valence-corrected chi connectivity index (χ1v) is 8.50. The van der Waals surface area contributed by atoms with Gasteiger partial charge in [-0.1, -0.05) is 6.07 Å². The highest BCUT2D eigenvalue weighted by molar-refractivity contribution is 7.88. The SMILES string of the molecule is CCOC(=O)C1C2COc3cc(OS(=O)(=O)C(F)(F)F)ccc3C21. The summed E-state index contributed by atoms with van der Waals surface area (Å²) in [6.07, 6.45) is 0. The fourth-order valence-corrected chi connectivity index (χ4v) is 3.34. The van der Waals surface area contributed by atoms with Crippen molar-refractivity contribution < 1.29 is 40.0 Å². The van der Waals surface area contributed by atoms with E-state index in [2.05, 4.69) is 4.18 Å². The topological polar surface area (TPSA) is 78.9 Å². The largest absolute Gasteiger partial charge is 0.534 e. The molecule has 0 radical (unpaired) electrons. The molecular weight excluding hydrogens is 353 g/mol. The minimum atomic E-state index is -5.74. The third-order valence-electron chi connectivity index (χ3n) is 3.99. The van der Waals surface area contributed by atoms with Gasteiger partial charge in [-0.2, -0.15) is 21.6 Å². The number of hydrogen-bond donors (Lipinski definition) is 0. The van der Waals surface area contributed by atoms with Crippen molar-refractivity contribution in [3.63, 3.8) is 0 Å². The number of carbonyl (C=O) groups excluding carboxylic acids is 1. The Labute approximate surface area is 135 Å². The summed E-state index contributed by atoms with van der Waals surface area (Å²) in [5.74, 6) is -1.17. The van der Waals surface area contributed by atoms with Crippen LogP contribution in [0.15, 0.2) is 18.2 Å². The molecule has 1 heterocycles. The van der Waals surface area contributed by atoms with E-state index in [1.165, 1.54) is 6.07 Å². The van der Waals surface area contributed by atoms with Crippen LogP contribution in [-0.2, 0) is 19.6 Å². The third kappa shape index (κ3) is 2.79. The minimum Gasteiger partial charge on any atom is -0.493 e. The van der Waals surface area contributed by atoms with Gasteiger partial charge in [0, 0.05) is 17.9 Å². The molecule has 24 heavy (non-hydrogen) atoms. The number of alkyl halides is 3. The van der Waals surface area contributed by atoms with Gasteiger partial charge in [0.2, 0.25) is 0 Å². The van der Waals surface area contributed by atoms with Crippen molar-refractivity contribution in [1.82, 2.24) is 0 Å². The summed E-state index contributed by atoms with van der Waals surface area (Å²) in [6, 6.07) is 3.59. The van der Waals surface area contributed by atoms with Crippen LogP contribution in [0.25, 0.3) is 0 Å². The van der Waals surface area contributed by atoms with Crippen LogP contribution >= 0.6 is 0 Å². The van der Waals surface area contributed by atoms with Crippen LogP contribution in [0, 0.1) is 11.8 Å². The average Bonchev–Trinajstić information content (AvgIpc) is 3.20. The fraction of sp³-hybridized carbons (Fsp3) is 0.500. The Morgan fingerprint density at radius 3 is 2.71 bits per heavy atom. The van der Waals surface area contributed by atoms with Gasteiger partial charge in [-0.25, -0.2) is 0 Å². The molecule has 1 saturated carbocycles. The lowest BCUT2D eigenvalue weighted by atomic mass is 10.1. The molecule has 0 N–H and O–H groups in total. The molecule has 1 aliphatic carbocycles. The van der Waals surface area contributed by atoms with Gasteiger partial charge in [0.25, 0.3) is 0 Å². The summed E-state index contributed by atoms with van der Waals surface area (Å²) in [5.41, 5.74) is -4.89. The number of rotatable bonds is 4. The molecule has 3 unspecified atom stereocenters. The Morgan fingerprint density at radius 1 is 1.38 bits per heavy atom. The van der Waals surface area contributed by atoms with Crippen molar-refractivity contribution >= 4 is 16.1 Å². The highest BCUT2D eigenvalue weighted by Gasteiger charge is 2.59. The van der Waals surface area contributed by atoms with Gasteiger partial charge >= 0.3 is 21.6 Å². The first-order valence-electron chi connectivity index (χ1n) is 7.10. The number of halogens is 3. The smallest absolute Gasteiger partial charge is 0.493 e. The number of esters is 1. The minimum absolute atomic E-state index is 0.0396. The lowest BCUT2D eigenvalue weighted by molar-refractivity contribution is -0.145. The first kappa shape index (κ1) is 16.9. The van der Waals surface area contributed by atoms with Crippen LogP contribution in [0.1, 0.15) is 18.4 Å². The van der Waals surface area contributed by atoms with Crippen LogP contribution in [0.4, 0.5) is 13.2 Å². The number of ether oxygens (including phenoxy) is 2. The number of fused-ring (bicyclic) bond motifs is 3. The maximum Gasteiger partial charge on any atom is 0.534 e. The molecule has 0 bridgehead atoms. The maximum absolute atomic E-state index is 12.3. The second kappa shape index (κ2) is 5.54. The number of hydrogen-bond acceptors (Lipinski definition) is 6. The fourth-order valence-electron chi connectivity index (χ4n) is 2.89. The standard InChI is InChI=1S/C14H13F3O6S/c1-2-21-13(18)12-9-6-22-10-5-7(3-4-8(10)11(9)12)23-24(19,20)14(15,16)17/h3-5,9,11-12H,2,6H2,1H3. The molecule has 0 saturated heterocycles. The lowest BCUT2D eigenvalue weighted by Crippen LogP contribution is -2.28. The Kier molecular flexibility index (Phi) is 3.89. The molecule has 1 aromatic rings. The van der Waals surface area contributed by atoms with Crippen LogP contribution in [0.3, 0.4) is 0 Å². The second-order valence-electron chi connectivity index (χ2n) is 5.46. The van der Waals surface area contributed by atoms with Crippen molar-refractivity contribution in [3.05, 3.63) is 23.8 Å². The van der Waals surface area contributed by atoms with Gasteiger partial charge in [0.15, 0.2) is 0 Å². The van der Waals surface area contributed by atoms with Crippen molar-refractivity contribution in [2.24, 2.45) is 11.8 Å². The van der Waals surface area contributed by atoms with Crippen LogP contribution < -0.4 is 8.92 Å². The van der Waals surface area contributed by atoms with Crippen molar-refractivity contribution in [1.29, 1.82) is 0 Å². The molecule has 1 aliphatic heterocycles. The Hall–Kier alpha value is -1.97. The Balaban J connectivity index is 1.81. The molecule has 10 heteroatoms. The van der Waals surface area contributed by atoms with Crippen molar-refractivity contribution in [2.75, 3.05) is 13.2 Å². The molecule has 1 aromatic carbocycles. The Bertz CT molecular complexity index is 773. The highest BCUT2D eigenvalue weighted by Crippen LogP contribution is 2.59. The summed E-state index contributed by atoms with van der Waals surface area (Å²) < 4.78 is 73.5. The summed E-state index contributed by atoms with van der Waals surface area (Å²) in [6.45, 7) is 2.15. The quantitative estimate of drug-likeness (QED) is 0.462. The molecule has 132 valence electrons. The molecule has 0 spiro atoms. The van der Waals surface area contributed by atoms with E-state index in [4.69, 9.17) is 9.47 Å². The molecule has 3 atom stereocenters. The zero-order valence-electron chi connectivity index (χ0n) is 12.4. The first-order chi connectivity index (χ1) is 11.2. The van der Waals surface area contributed by atoms with E-state index >= 15 is 0 Å². The Morgan fingerprint density at radius 2 is 2.08 bits per heavy atom. The third-order valence-corrected chi connectivity index (χ3v) is 4.97. The highest BCUT2D eigenvalue weighted by atomic mass is 32.2. The van der Waals surface area contributed by atoms with Crippen molar-refractivity contribution in [2.45, 2.75) is 18.3 Å². The van der Waals surface area contributed by atoms with Crippen molar-refractivity contribution in [3.8, 4) is 11.5 Å². The van der Waals surface area contributed by atoms with E-state index in [0.717, 1.165) is 12.1 Å². The molecular formula is C14H13F3O6S. The lowest BCUT2D eigenvalue weighted by Gasteiger charge is -2.17. The van der Waals surface area contributed by atoms with Gasteiger partial charge in [-0.05, 0) is 18.6 Å². The number of benzene rings is 1. The predicted octanol–water partition coefficient (Wildman–Crippen LogP) is 2.20. The number of carbonyl (C=O) groups is 1. The van der Waals surface area contributed by atoms with E-state index in [9.17, 15) is 26.4 Å². The van der Waals surface area contributed by atoms with Gasteiger partial charge in [-0.15, -0.1) is 0 Å². The van der Waals surface area contributed by atoms with E-state index in [1.54, 1.807) is 6.92 Å². The molecule has 3 rings (SSSR count). The molecule has 0 aromatic heterocycles. The average molecular weight is 366 g/mol. The maximum atomic E-state index is 12.3. The zero-order valence-corrected chi connectivity index (χ0v) is 13.2. The van der Waals surface area contributed by atoms with Crippen LogP contribution in [0.2, 0.25) is 0 Å². The van der Waals surface area contributed by atoms with E-state index in [0.29, 0.717) is 5.56 Å². The van der Waals surface area contributed by atoms with Crippen LogP contribution in [0.5, 0.6) is 11.5 Å². The second-order valence-corrected chi connectivity index (χ2v) is 7.00. The normalized spacial score (nSPS) is 25.1. The van der Waals surface area contributed by atoms with Crippen LogP contribution in [-0.4, -0.2) is 33.1 Å². The van der Waals surface area contributed by atoms with Gasteiger partial charge in [0.1, 0.15) is 11.5 Å². The summed E-state index contributed by atoms with van der Waals surface area (Å²) in [7, 11) is -5.74. The van der Waals surface area contributed by atoms with E-state index in [1.807, 2.05) is 0 Å². The monoisotopic (exact) mass is 366 g/mol. The summed E-state index contributed by atoms with van der Waals surface area (Å²) in [5, 5.41) is 0. The summed E-state index contributed by atoms with van der Waals surface area (Å²) >= 11 is 0.